The molecular weight excluding hydrogens is 370 g/mol. The molecule has 1 aliphatic rings. The first-order chi connectivity index (χ1) is 14.1. The summed E-state index contributed by atoms with van der Waals surface area (Å²) in [6.07, 6.45) is 5.90. The molecule has 1 fully saturated rings. The summed E-state index contributed by atoms with van der Waals surface area (Å²) in [6.45, 7) is 4.11. The summed E-state index contributed by atoms with van der Waals surface area (Å²) in [5.41, 5.74) is -0.718. The van der Waals surface area contributed by atoms with Crippen molar-refractivity contribution in [2.45, 2.75) is 39.2 Å². The number of hydrogen-bond acceptors (Lipinski definition) is 5. The predicted molar refractivity (Wildman–Crippen MR) is 108 cm³/mol. The van der Waals surface area contributed by atoms with Gasteiger partial charge in [-0.1, -0.05) is 18.2 Å². The van der Waals surface area contributed by atoms with Gasteiger partial charge in [-0.15, -0.1) is 0 Å². The van der Waals surface area contributed by atoms with Crippen LogP contribution in [0.2, 0.25) is 0 Å². The van der Waals surface area contributed by atoms with Crippen LogP contribution in [0.5, 0.6) is 5.75 Å². The van der Waals surface area contributed by atoms with Crippen molar-refractivity contribution < 1.29 is 19.1 Å². The molecule has 0 spiro atoms. The molecule has 1 saturated heterocycles. The number of carbonyl (C=O) groups is 2. The highest BCUT2D eigenvalue weighted by molar-refractivity contribution is 5.80. The van der Waals surface area contributed by atoms with Gasteiger partial charge >= 0.3 is 5.97 Å². The predicted octanol–water partition coefficient (Wildman–Crippen LogP) is 2.91. The van der Waals surface area contributed by atoms with Crippen molar-refractivity contribution >= 4 is 11.9 Å². The van der Waals surface area contributed by atoms with Crippen molar-refractivity contribution in [1.29, 1.82) is 0 Å². The fourth-order valence-corrected chi connectivity index (χ4v) is 3.78. The lowest BCUT2D eigenvalue weighted by atomic mass is 9.77. The number of para-hydroxylation sites is 1. The molecule has 29 heavy (non-hydrogen) atoms. The van der Waals surface area contributed by atoms with Crippen molar-refractivity contribution in [3.05, 3.63) is 48.8 Å². The highest BCUT2D eigenvalue weighted by Gasteiger charge is 2.44. The second-order valence-electron chi connectivity index (χ2n) is 7.35. The van der Waals surface area contributed by atoms with E-state index < -0.39 is 5.41 Å². The second kappa shape index (κ2) is 10.1. The fourth-order valence-electron chi connectivity index (χ4n) is 3.78. The van der Waals surface area contributed by atoms with E-state index in [1.54, 1.807) is 15.8 Å². The topological polar surface area (TPSA) is 73.7 Å². The summed E-state index contributed by atoms with van der Waals surface area (Å²) < 4.78 is 13.0. The van der Waals surface area contributed by atoms with Crippen LogP contribution in [0.1, 0.15) is 32.6 Å². The summed E-state index contributed by atoms with van der Waals surface area (Å²) in [6, 6.07) is 11.4. The Balaban J connectivity index is 1.62. The molecule has 7 nitrogen and oxygen atoms in total. The van der Waals surface area contributed by atoms with E-state index in [0.29, 0.717) is 52.1 Å². The van der Waals surface area contributed by atoms with E-state index in [0.717, 1.165) is 12.2 Å². The Kier molecular flexibility index (Phi) is 7.27. The van der Waals surface area contributed by atoms with Crippen LogP contribution in [0.25, 0.3) is 0 Å². The summed E-state index contributed by atoms with van der Waals surface area (Å²) in [5.74, 6) is 0.577. The summed E-state index contributed by atoms with van der Waals surface area (Å²) in [7, 11) is 0. The monoisotopic (exact) mass is 399 g/mol. The smallest absolute Gasteiger partial charge is 0.314 e. The minimum atomic E-state index is -0.718. The Bertz CT molecular complexity index is 779. The molecule has 0 radical (unpaired) electrons. The molecule has 0 aliphatic carbocycles. The first-order valence-electron chi connectivity index (χ1n) is 10.2. The molecule has 0 saturated carbocycles. The molecule has 2 heterocycles. The minimum Gasteiger partial charge on any atom is -0.494 e. The lowest BCUT2D eigenvalue weighted by Gasteiger charge is -2.41. The number of aryl methyl sites for hydroxylation is 1. The maximum Gasteiger partial charge on any atom is 0.314 e. The molecule has 2 aromatic rings. The lowest BCUT2D eigenvalue weighted by Crippen LogP contribution is -2.51. The Hall–Kier alpha value is -2.83. The van der Waals surface area contributed by atoms with Gasteiger partial charge in [0.25, 0.3) is 0 Å². The van der Waals surface area contributed by atoms with Crippen molar-refractivity contribution in [3.63, 3.8) is 0 Å². The normalized spacial score (nSPS) is 19.0. The second-order valence-corrected chi connectivity index (χ2v) is 7.35. The number of rotatable bonds is 9. The Morgan fingerprint density at radius 3 is 2.76 bits per heavy atom. The first-order valence-corrected chi connectivity index (χ1v) is 10.2. The number of ether oxygens (including phenoxy) is 2. The van der Waals surface area contributed by atoms with Gasteiger partial charge in [0.05, 0.1) is 18.6 Å². The Morgan fingerprint density at radius 1 is 1.21 bits per heavy atom. The zero-order valence-corrected chi connectivity index (χ0v) is 17.0. The fraction of sp³-hybridized carbons (Fsp3) is 0.500. The van der Waals surface area contributed by atoms with Crippen LogP contribution in [-0.2, 0) is 20.9 Å². The largest absolute Gasteiger partial charge is 0.494 e. The molecule has 1 aromatic heterocycles. The SMILES string of the molecule is CCOC(=O)C1(CCOc2ccccc2)CCCN(C(=O)CCn2cccn2)C1. The number of benzene rings is 1. The Morgan fingerprint density at radius 2 is 2.03 bits per heavy atom. The van der Waals surface area contributed by atoms with Crippen LogP contribution in [-0.4, -0.2) is 52.9 Å². The number of piperidine rings is 1. The molecule has 3 rings (SSSR count). The molecule has 1 aliphatic heterocycles. The third-order valence-electron chi connectivity index (χ3n) is 5.34. The van der Waals surface area contributed by atoms with Gasteiger partial charge in [0, 0.05) is 38.4 Å². The van der Waals surface area contributed by atoms with Crippen LogP contribution >= 0.6 is 0 Å². The van der Waals surface area contributed by atoms with E-state index in [1.807, 2.05) is 49.5 Å². The summed E-state index contributed by atoms with van der Waals surface area (Å²) in [4.78, 5) is 27.4. The maximum absolute atomic E-state index is 12.8. The number of likely N-dealkylation sites (tertiary alicyclic amines) is 1. The number of amides is 1. The molecule has 1 atom stereocenters. The number of aromatic nitrogens is 2. The number of esters is 1. The molecule has 1 unspecified atom stereocenters. The number of carbonyl (C=O) groups excluding carboxylic acids is 2. The summed E-state index contributed by atoms with van der Waals surface area (Å²) in [5, 5.41) is 4.14. The van der Waals surface area contributed by atoms with Crippen molar-refractivity contribution in [3.8, 4) is 5.75 Å². The van der Waals surface area contributed by atoms with E-state index >= 15 is 0 Å². The van der Waals surface area contributed by atoms with E-state index in [9.17, 15) is 9.59 Å². The van der Waals surface area contributed by atoms with Crippen LogP contribution in [0.15, 0.2) is 48.8 Å². The lowest BCUT2D eigenvalue weighted by molar-refractivity contribution is -0.162. The third-order valence-corrected chi connectivity index (χ3v) is 5.34. The molecule has 7 heteroatoms. The number of hydrogen-bond donors (Lipinski definition) is 0. The minimum absolute atomic E-state index is 0.0397. The Labute approximate surface area is 171 Å². The van der Waals surface area contributed by atoms with Crippen molar-refractivity contribution in [1.82, 2.24) is 14.7 Å². The zero-order valence-electron chi connectivity index (χ0n) is 17.0. The standard InChI is InChI=1S/C22H29N3O4/c1-2-28-21(27)22(12-17-29-19-8-4-3-5-9-19)11-6-14-24(18-22)20(26)10-16-25-15-7-13-23-25/h3-5,7-9,13,15H,2,6,10-12,14,16-18H2,1H3. The van der Waals surface area contributed by atoms with Gasteiger partial charge in [-0.25, -0.2) is 0 Å². The van der Waals surface area contributed by atoms with Gasteiger partial charge in [-0.2, -0.15) is 5.10 Å². The van der Waals surface area contributed by atoms with E-state index in [1.165, 1.54) is 0 Å². The third kappa shape index (κ3) is 5.59. The van der Waals surface area contributed by atoms with E-state index in [2.05, 4.69) is 5.10 Å². The summed E-state index contributed by atoms with van der Waals surface area (Å²) >= 11 is 0. The first kappa shape index (κ1) is 20.9. The van der Waals surface area contributed by atoms with Gasteiger partial charge in [0.15, 0.2) is 0 Å². The van der Waals surface area contributed by atoms with Crippen molar-refractivity contribution in [2.75, 3.05) is 26.3 Å². The van der Waals surface area contributed by atoms with Crippen LogP contribution < -0.4 is 4.74 Å². The number of nitrogens with zero attached hydrogens (tertiary/aromatic N) is 3. The van der Waals surface area contributed by atoms with Crippen LogP contribution in [0, 0.1) is 5.41 Å². The highest BCUT2D eigenvalue weighted by atomic mass is 16.5. The average Bonchev–Trinajstić information content (AvgIpc) is 3.27. The molecule has 0 N–H and O–H groups in total. The van der Waals surface area contributed by atoms with E-state index in [4.69, 9.17) is 9.47 Å². The van der Waals surface area contributed by atoms with Gasteiger partial charge in [-0.3, -0.25) is 14.3 Å². The van der Waals surface area contributed by atoms with Crippen molar-refractivity contribution in [2.24, 2.45) is 5.41 Å². The average molecular weight is 399 g/mol. The van der Waals surface area contributed by atoms with Crippen LogP contribution in [0.4, 0.5) is 0 Å². The van der Waals surface area contributed by atoms with Gasteiger partial charge < -0.3 is 14.4 Å². The van der Waals surface area contributed by atoms with Gasteiger partial charge in [0.2, 0.25) is 5.91 Å². The quantitative estimate of drug-likeness (QED) is 0.606. The molecule has 1 aromatic carbocycles. The molecule has 0 bridgehead atoms. The van der Waals surface area contributed by atoms with E-state index in [-0.39, 0.29) is 11.9 Å². The zero-order chi connectivity index (χ0) is 20.5. The van der Waals surface area contributed by atoms with Crippen LogP contribution in [0.3, 0.4) is 0 Å². The van der Waals surface area contributed by atoms with Gasteiger partial charge in [-0.05, 0) is 44.4 Å². The molecule has 1 amide bonds. The highest BCUT2D eigenvalue weighted by Crippen LogP contribution is 2.35. The molecular formula is C22H29N3O4. The van der Waals surface area contributed by atoms with Gasteiger partial charge in [0.1, 0.15) is 5.75 Å². The molecule has 156 valence electrons. The maximum atomic E-state index is 12.8.